The predicted molar refractivity (Wildman–Crippen MR) is 99.0 cm³/mol. The number of hydrogen-bond acceptors (Lipinski definition) is 4. The molecule has 4 rings (SSSR count). The van der Waals surface area contributed by atoms with Crippen molar-refractivity contribution in [1.82, 2.24) is 13.6 Å². The molecule has 116 valence electrons. The fourth-order valence-electron chi connectivity index (χ4n) is 3.00. The van der Waals surface area contributed by atoms with E-state index in [1.54, 1.807) is 0 Å². The van der Waals surface area contributed by atoms with Gasteiger partial charge in [-0.2, -0.15) is 8.75 Å². The largest absolute Gasteiger partial charge is 0.348 e. The summed E-state index contributed by atoms with van der Waals surface area (Å²) in [5, 5.41) is 4.12. The summed E-state index contributed by atoms with van der Waals surface area (Å²) in [7, 11) is 0. The van der Waals surface area contributed by atoms with E-state index < -0.39 is 0 Å². The van der Waals surface area contributed by atoms with Crippen molar-refractivity contribution >= 4 is 45.8 Å². The summed E-state index contributed by atoms with van der Waals surface area (Å²) in [5.41, 5.74) is 4.20. The zero-order valence-corrected chi connectivity index (χ0v) is 14.1. The van der Waals surface area contributed by atoms with Crippen LogP contribution in [0.15, 0.2) is 48.5 Å². The van der Waals surface area contributed by atoms with Crippen molar-refractivity contribution in [3.8, 4) is 0 Å². The van der Waals surface area contributed by atoms with Gasteiger partial charge in [0, 0.05) is 24.7 Å². The Morgan fingerprint density at radius 1 is 1.13 bits per heavy atom. The van der Waals surface area contributed by atoms with Crippen molar-refractivity contribution < 1.29 is 0 Å². The molecule has 4 nitrogen and oxygen atoms in total. The van der Waals surface area contributed by atoms with Gasteiger partial charge in [0.15, 0.2) is 5.11 Å². The molecule has 1 aliphatic rings. The molecule has 0 aliphatic carbocycles. The lowest BCUT2D eigenvalue weighted by Crippen LogP contribution is -2.32. The van der Waals surface area contributed by atoms with Gasteiger partial charge in [-0.1, -0.05) is 30.3 Å². The molecule has 23 heavy (non-hydrogen) atoms. The van der Waals surface area contributed by atoms with Gasteiger partial charge in [0.1, 0.15) is 11.0 Å². The molecule has 2 aromatic carbocycles. The first-order chi connectivity index (χ1) is 11.3. The van der Waals surface area contributed by atoms with Crippen LogP contribution in [0.25, 0.3) is 11.0 Å². The van der Waals surface area contributed by atoms with E-state index in [1.165, 1.54) is 17.3 Å². The minimum atomic E-state index is 0.557. The fraction of sp³-hybridized carbons (Fsp3) is 0.235. The normalized spacial score (nSPS) is 17.6. The van der Waals surface area contributed by atoms with Crippen molar-refractivity contribution in [3.05, 3.63) is 54.1 Å². The molecule has 1 atom stereocenters. The first-order valence-corrected chi connectivity index (χ1v) is 8.76. The number of rotatable bonds is 2. The van der Waals surface area contributed by atoms with Crippen LogP contribution in [0.5, 0.6) is 0 Å². The topological polar surface area (TPSA) is 41.1 Å². The van der Waals surface area contributed by atoms with Gasteiger partial charge < -0.3 is 10.2 Å². The Morgan fingerprint density at radius 2 is 1.96 bits per heavy atom. The SMILES string of the molecule is S=C(Nc1ccc2nsnc2c1)N1CC[C@H](c2ccccc2)C1. The Labute approximate surface area is 144 Å². The van der Waals surface area contributed by atoms with Gasteiger partial charge in [-0.3, -0.25) is 0 Å². The molecule has 6 heteroatoms. The Kier molecular flexibility index (Phi) is 3.93. The van der Waals surface area contributed by atoms with Crippen molar-refractivity contribution in [2.75, 3.05) is 18.4 Å². The third-order valence-corrected chi connectivity index (χ3v) is 5.17. The van der Waals surface area contributed by atoms with Gasteiger partial charge in [-0.25, -0.2) is 0 Å². The Morgan fingerprint density at radius 3 is 2.83 bits per heavy atom. The van der Waals surface area contributed by atoms with Crippen LogP contribution in [0.3, 0.4) is 0 Å². The summed E-state index contributed by atoms with van der Waals surface area (Å²) in [6.45, 7) is 1.96. The second-order valence-corrected chi connectivity index (χ2v) is 6.66. The smallest absolute Gasteiger partial charge is 0.173 e. The highest BCUT2D eigenvalue weighted by Crippen LogP contribution is 2.27. The molecule has 3 aromatic rings. The summed E-state index contributed by atoms with van der Waals surface area (Å²) in [6, 6.07) is 16.6. The fourth-order valence-corrected chi connectivity index (χ4v) is 3.81. The summed E-state index contributed by atoms with van der Waals surface area (Å²) in [5.74, 6) is 0.557. The average molecular weight is 340 g/mol. The molecule has 0 unspecified atom stereocenters. The number of benzene rings is 2. The minimum Gasteiger partial charge on any atom is -0.348 e. The van der Waals surface area contributed by atoms with Gasteiger partial charge in [0.05, 0.1) is 11.7 Å². The highest BCUT2D eigenvalue weighted by molar-refractivity contribution is 7.80. The molecule has 0 spiro atoms. The van der Waals surface area contributed by atoms with Crippen molar-refractivity contribution in [3.63, 3.8) is 0 Å². The third kappa shape index (κ3) is 3.04. The lowest BCUT2D eigenvalue weighted by molar-refractivity contribution is 0.518. The number of anilines is 1. The lowest BCUT2D eigenvalue weighted by atomic mass is 9.99. The zero-order chi connectivity index (χ0) is 15.6. The van der Waals surface area contributed by atoms with E-state index in [1.807, 2.05) is 18.2 Å². The Balaban J connectivity index is 1.43. The lowest BCUT2D eigenvalue weighted by Gasteiger charge is -2.20. The maximum Gasteiger partial charge on any atom is 0.173 e. The Bertz CT molecular complexity index is 831. The molecule has 2 heterocycles. The van der Waals surface area contributed by atoms with E-state index in [0.29, 0.717) is 5.92 Å². The standard InChI is InChI=1S/C17H16N4S2/c22-17(18-14-6-7-15-16(10-14)20-23-19-15)21-9-8-13(11-21)12-4-2-1-3-5-12/h1-7,10,13H,8-9,11H2,(H,18,22)/t13-/m0/s1. The van der Waals surface area contributed by atoms with E-state index in [2.05, 4.69) is 49.3 Å². The summed E-state index contributed by atoms with van der Waals surface area (Å²) < 4.78 is 8.49. The molecule has 0 radical (unpaired) electrons. The van der Waals surface area contributed by atoms with E-state index in [9.17, 15) is 0 Å². The van der Waals surface area contributed by atoms with Crippen LogP contribution >= 0.6 is 23.9 Å². The number of thiocarbonyl (C=S) groups is 1. The number of fused-ring (bicyclic) bond motifs is 1. The quantitative estimate of drug-likeness (QED) is 0.717. The molecule has 0 bridgehead atoms. The van der Waals surface area contributed by atoms with E-state index >= 15 is 0 Å². The molecule has 0 amide bonds. The summed E-state index contributed by atoms with van der Waals surface area (Å²) in [6.07, 6.45) is 1.14. The predicted octanol–water partition coefficient (Wildman–Crippen LogP) is 3.88. The van der Waals surface area contributed by atoms with Gasteiger partial charge >= 0.3 is 0 Å². The molecule has 1 N–H and O–H groups in total. The highest BCUT2D eigenvalue weighted by Gasteiger charge is 2.25. The molecule has 1 aliphatic heterocycles. The van der Waals surface area contributed by atoms with E-state index in [-0.39, 0.29) is 0 Å². The van der Waals surface area contributed by atoms with Crippen molar-refractivity contribution in [1.29, 1.82) is 0 Å². The van der Waals surface area contributed by atoms with Crippen LogP contribution < -0.4 is 5.32 Å². The van der Waals surface area contributed by atoms with Crippen molar-refractivity contribution in [2.45, 2.75) is 12.3 Å². The maximum absolute atomic E-state index is 5.58. The van der Waals surface area contributed by atoms with Gasteiger partial charge in [0.25, 0.3) is 0 Å². The molecule has 1 fully saturated rings. The maximum atomic E-state index is 5.58. The first-order valence-electron chi connectivity index (χ1n) is 7.63. The third-order valence-electron chi connectivity index (χ3n) is 4.25. The summed E-state index contributed by atoms with van der Waals surface area (Å²) in [4.78, 5) is 2.25. The van der Waals surface area contributed by atoms with Crippen LogP contribution in [0.1, 0.15) is 17.9 Å². The van der Waals surface area contributed by atoms with Crippen LogP contribution in [0.2, 0.25) is 0 Å². The van der Waals surface area contributed by atoms with Crippen LogP contribution in [0.4, 0.5) is 5.69 Å². The van der Waals surface area contributed by atoms with Crippen molar-refractivity contribution in [2.24, 2.45) is 0 Å². The number of hydrogen-bond donors (Lipinski definition) is 1. The molecule has 0 saturated carbocycles. The van der Waals surface area contributed by atoms with Gasteiger partial charge in [-0.15, -0.1) is 0 Å². The second kappa shape index (κ2) is 6.22. The number of likely N-dealkylation sites (tertiary alicyclic amines) is 1. The van der Waals surface area contributed by atoms with E-state index in [4.69, 9.17) is 12.2 Å². The molecular weight excluding hydrogens is 324 g/mol. The van der Waals surface area contributed by atoms with Crippen LogP contribution in [-0.4, -0.2) is 31.8 Å². The average Bonchev–Trinajstić information content (AvgIpc) is 3.24. The zero-order valence-electron chi connectivity index (χ0n) is 12.5. The molecule has 1 saturated heterocycles. The number of nitrogens with one attached hydrogen (secondary N) is 1. The van der Waals surface area contributed by atoms with Crippen LogP contribution in [0, 0.1) is 0 Å². The van der Waals surface area contributed by atoms with Gasteiger partial charge in [0.2, 0.25) is 0 Å². The molecular formula is C17H16N4S2. The number of aromatic nitrogens is 2. The Hall–Kier alpha value is -2.05. The number of nitrogens with zero attached hydrogens (tertiary/aromatic N) is 3. The van der Waals surface area contributed by atoms with Crippen LogP contribution in [-0.2, 0) is 0 Å². The first kappa shape index (κ1) is 14.5. The second-order valence-electron chi connectivity index (χ2n) is 5.74. The van der Waals surface area contributed by atoms with E-state index in [0.717, 1.165) is 41.3 Å². The minimum absolute atomic E-state index is 0.557. The highest BCUT2D eigenvalue weighted by atomic mass is 32.1. The monoisotopic (exact) mass is 340 g/mol. The summed E-state index contributed by atoms with van der Waals surface area (Å²) >= 11 is 6.81. The molecule has 1 aromatic heterocycles. The van der Waals surface area contributed by atoms with Gasteiger partial charge in [-0.05, 0) is 42.4 Å².